The number of rotatable bonds is 35. The Balaban J connectivity index is 0.000000160. The van der Waals surface area contributed by atoms with Gasteiger partial charge >= 0.3 is 6.09 Å². The molecule has 0 spiro atoms. The number of carbonyl (C=O) groups excluding carboxylic acids is 1. The maximum atomic E-state index is 13.4. The van der Waals surface area contributed by atoms with Gasteiger partial charge in [-0.05, 0) is 148 Å². The van der Waals surface area contributed by atoms with Crippen molar-refractivity contribution in [3.8, 4) is 96.8 Å². The summed E-state index contributed by atoms with van der Waals surface area (Å²) in [5.41, 5.74) is 7.35. The standard InChI is InChI=1S/C54H49NO8.C49H40O7.C5H9NO/c1-2-3-28-55-54(56)63-41(33-61-48-26-22-37-14-6-10-18-44(37)52(48)50-42-16-8-4-12-35(42)20-24-46(50)59-31-39-29-57-39)34-62-49-27-23-38-15-7-11-19-45(38)53(49)51-43-17-9-5-13-36(43)21-25-47(51)60-32-40-30-58-40;50-35(25-53-42-21-17-31-9-1-5-13-38(31)46(42)48-40-15-7-3-11-33(40)19-23-44(48)55-29-36-27-51-36)26-54-43-22-18-32-10-2-6-14-39(32)47(43)49-41-16-8-4-12-34(41)20-24-45(49)56-30-37-28-52-37;1-2-3-4-7-5-6/h4-27,39-41H,2-3,28-34H2,1H3,(H,55,56);1-24,35-37,50H,25-30H2;2-4H2,1H3. The first-order valence-corrected chi connectivity index (χ1v) is 43.5. The number of nitrogens with one attached hydrogen (secondary N) is 1. The van der Waals surface area contributed by atoms with Gasteiger partial charge in [-0.25, -0.2) is 4.79 Å². The quantitative estimate of drug-likeness (QED) is 0.0214. The van der Waals surface area contributed by atoms with Crippen molar-refractivity contribution in [2.24, 2.45) is 0 Å². The molecular formula is C108H98N2O16. The average Bonchev–Trinajstić information content (AvgIpc) is 1.76. The Morgan fingerprint density at radius 3 is 0.778 bits per heavy atom. The third-order valence-electron chi connectivity index (χ3n) is 22.9. The summed E-state index contributed by atoms with van der Waals surface area (Å²) in [4.78, 5) is 13.4. The molecule has 0 aliphatic carbocycles. The van der Waals surface area contributed by atoms with Crippen LogP contribution in [0.2, 0.25) is 0 Å². The number of aliphatic hydroxyl groups excluding tert-OH is 1. The fraction of sp³-hybridized carbons (Fsp3) is 0.241. The van der Waals surface area contributed by atoms with Gasteiger partial charge in [0.25, 0.3) is 6.26 Å². The minimum atomic E-state index is -0.945. The second-order valence-electron chi connectivity index (χ2n) is 31.8. The lowest BCUT2D eigenvalue weighted by Gasteiger charge is -2.24. The van der Waals surface area contributed by atoms with Crippen LogP contribution in [0.5, 0.6) is 46.0 Å². The fourth-order valence-corrected chi connectivity index (χ4v) is 16.1. The van der Waals surface area contributed by atoms with Crippen LogP contribution < -0.4 is 43.2 Å². The van der Waals surface area contributed by atoms with Crippen LogP contribution in [0.15, 0.2) is 291 Å². The monoisotopic (exact) mass is 1680 g/mol. The minimum Gasteiger partial charge on any atom is -0.490 e. The Morgan fingerprint density at radius 2 is 0.556 bits per heavy atom. The summed E-state index contributed by atoms with van der Waals surface area (Å²) >= 11 is 0. The number of nitriles is 1. The number of fused-ring (bicyclic) bond motifs is 8. The molecule has 0 aromatic heterocycles. The normalized spacial score (nSPS) is 15.7. The Labute approximate surface area is 731 Å². The molecule has 16 aromatic rings. The average molecular weight is 1680 g/mol. The SMILES string of the molecule is CCCCNC(=O)OC(COc1ccc2ccccc2c1-c1c(OCC2CO2)ccc2ccccc12)COc1ccc2ccccc2c1-c1c(OCC2CO2)ccc2ccccc12.CCCCOC#N.OC(COc1ccc2ccccc2c1-c1c(OCC2CO2)ccc2ccccc12)COc1ccc2ccccc2c1-c1c(OCC2CO2)ccc2ccccc12. The Hall–Kier alpha value is -13.6. The molecule has 4 saturated heterocycles. The molecule has 2 N–H and O–H groups in total. The molecule has 4 atom stereocenters. The number of hydrogen-bond acceptors (Lipinski definition) is 17. The zero-order valence-electron chi connectivity index (χ0n) is 70.4. The molecule has 1 amide bonds. The Morgan fingerprint density at radius 1 is 0.333 bits per heavy atom. The van der Waals surface area contributed by atoms with Crippen molar-refractivity contribution < 1.29 is 76.2 Å². The van der Waals surface area contributed by atoms with E-state index in [9.17, 15) is 9.90 Å². The summed E-state index contributed by atoms with van der Waals surface area (Å²) in [6.07, 6.45) is 3.52. The van der Waals surface area contributed by atoms with Crippen molar-refractivity contribution in [3.05, 3.63) is 291 Å². The van der Waals surface area contributed by atoms with Gasteiger partial charge in [0, 0.05) is 51.1 Å². The second-order valence-corrected chi connectivity index (χ2v) is 31.8. The van der Waals surface area contributed by atoms with Crippen molar-refractivity contribution in [1.82, 2.24) is 5.32 Å². The van der Waals surface area contributed by atoms with E-state index < -0.39 is 18.3 Å². The molecule has 4 fully saturated rings. The molecule has 126 heavy (non-hydrogen) atoms. The van der Waals surface area contributed by atoms with Crippen LogP contribution in [0.3, 0.4) is 0 Å². The van der Waals surface area contributed by atoms with Crippen molar-refractivity contribution in [1.29, 1.82) is 5.26 Å². The number of epoxide rings is 4. The number of hydrogen-bond donors (Lipinski definition) is 2. The number of carbonyl (C=O) groups is 1. The molecule has 0 bridgehead atoms. The first kappa shape index (κ1) is 83.3. The van der Waals surface area contributed by atoms with E-state index in [2.05, 4.69) is 169 Å². The number of alkyl carbamates (subject to hydrolysis) is 1. The third kappa shape index (κ3) is 19.6. The van der Waals surface area contributed by atoms with Crippen LogP contribution in [0.1, 0.15) is 39.5 Å². The summed E-state index contributed by atoms with van der Waals surface area (Å²) in [5, 5.41) is 39.1. The van der Waals surface area contributed by atoms with E-state index in [1.807, 2.05) is 146 Å². The Bertz CT molecular complexity index is 6240. The van der Waals surface area contributed by atoms with Crippen LogP contribution in [0, 0.1) is 11.5 Å². The predicted octanol–water partition coefficient (Wildman–Crippen LogP) is 22.8. The number of amides is 1. The van der Waals surface area contributed by atoms with Gasteiger partial charge in [-0.3, -0.25) is 0 Å². The van der Waals surface area contributed by atoms with Gasteiger partial charge < -0.3 is 76.7 Å². The fourth-order valence-electron chi connectivity index (χ4n) is 16.1. The lowest BCUT2D eigenvalue weighted by Crippen LogP contribution is -2.36. The van der Waals surface area contributed by atoms with Crippen LogP contribution in [-0.4, -0.2) is 140 Å². The first-order valence-electron chi connectivity index (χ1n) is 43.5. The van der Waals surface area contributed by atoms with E-state index in [0.717, 1.165) is 179 Å². The van der Waals surface area contributed by atoms with Gasteiger partial charge in [-0.15, -0.1) is 0 Å². The van der Waals surface area contributed by atoms with E-state index in [1.165, 1.54) is 0 Å². The summed E-state index contributed by atoms with van der Waals surface area (Å²) < 4.78 is 85.2. The first-order chi connectivity index (χ1) is 62.2. The minimum absolute atomic E-state index is 0.00907. The van der Waals surface area contributed by atoms with Crippen LogP contribution in [0.25, 0.3) is 131 Å². The van der Waals surface area contributed by atoms with Gasteiger partial charge in [0.2, 0.25) is 0 Å². The molecule has 16 aromatic carbocycles. The van der Waals surface area contributed by atoms with E-state index in [1.54, 1.807) is 6.26 Å². The van der Waals surface area contributed by atoms with Gasteiger partial charge in [-0.1, -0.05) is 269 Å². The lowest BCUT2D eigenvalue weighted by molar-refractivity contribution is 0.0359. The Kier molecular flexibility index (Phi) is 26.1. The highest BCUT2D eigenvalue weighted by molar-refractivity contribution is 6.14. The predicted molar refractivity (Wildman–Crippen MR) is 496 cm³/mol. The number of benzene rings is 16. The third-order valence-corrected chi connectivity index (χ3v) is 22.9. The smallest absolute Gasteiger partial charge is 0.407 e. The summed E-state index contributed by atoms with van der Waals surface area (Å²) in [6.45, 7) is 9.89. The topological polar surface area (TPSA) is 216 Å². The molecule has 0 saturated carbocycles. The second kappa shape index (κ2) is 39.5. The van der Waals surface area contributed by atoms with Crippen molar-refractivity contribution in [3.63, 3.8) is 0 Å². The molecule has 0 radical (unpaired) electrons. The lowest BCUT2D eigenvalue weighted by atomic mass is 9.92. The highest BCUT2D eigenvalue weighted by Crippen LogP contribution is 2.51. The number of nitrogens with zero attached hydrogens (tertiary/aromatic N) is 1. The summed E-state index contributed by atoms with van der Waals surface area (Å²) in [6, 6.07) is 99.0. The maximum Gasteiger partial charge on any atom is 0.407 e. The van der Waals surface area contributed by atoms with Gasteiger partial charge in [-0.2, -0.15) is 5.26 Å². The maximum absolute atomic E-state index is 13.4. The van der Waals surface area contributed by atoms with Crippen LogP contribution >= 0.6 is 0 Å². The van der Waals surface area contributed by atoms with Gasteiger partial charge in [0.15, 0.2) is 6.10 Å². The van der Waals surface area contributed by atoms with Crippen molar-refractivity contribution in [2.75, 3.05) is 92.4 Å². The summed E-state index contributed by atoms with van der Waals surface area (Å²) in [7, 11) is 0. The van der Waals surface area contributed by atoms with Crippen molar-refractivity contribution >= 4 is 92.3 Å². The molecule has 636 valence electrons. The van der Waals surface area contributed by atoms with Gasteiger partial charge in [0.1, 0.15) is 136 Å². The van der Waals surface area contributed by atoms with Crippen molar-refractivity contribution in [2.45, 2.75) is 76.2 Å². The van der Waals surface area contributed by atoms with Gasteiger partial charge in [0.05, 0.1) is 26.4 Å². The molecule has 4 heterocycles. The van der Waals surface area contributed by atoms with Crippen LogP contribution in [0.4, 0.5) is 4.79 Å². The number of ether oxygens (including phenoxy) is 14. The summed E-state index contributed by atoms with van der Waals surface area (Å²) in [5.74, 6) is 5.54. The highest BCUT2D eigenvalue weighted by Gasteiger charge is 2.32. The van der Waals surface area contributed by atoms with Crippen LogP contribution in [-0.2, 0) is 28.4 Å². The van der Waals surface area contributed by atoms with E-state index in [-0.39, 0.29) is 50.8 Å². The largest absolute Gasteiger partial charge is 0.490 e. The molecule has 20 rings (SSSR count). The zero-order chi connectivity index (χ0) is 85.5. The highest BCUT2D eigenvalue weighted by atomic mass is 16.6. The molecule has 4 unspecified atom stereocenters. The van der Waals surface area contributed by atoms with E-state index in [4.69, 9.17) is 66.8 Å². The molecule has 4 aliphatic rings. The molecular weight excluding hydrogens is 1580 g/mol. The molecule has 18 nitrogen and oxygen atoms in total. The number of aliphatic hydroxyl groups is 1. The molecule has 18 heteroatoms. The van der Waals surface area contributed by atoms with E-state index >= 15 is 0 Å². The van der Waals surface area contributed by atoms with E-state index in [0.29, 0.717) is 89.0 Å². The zero-order valence-corrected chi connectivity index (χ0v) is 70.4. The molecule has 4 aliphatic heterocycles. The number of unbranched alkanes of at least 4 members (excludes halogenated alkanes) is 2.